The molecule has 1 atom stereocenters. The Hall–Kier alpha value is -4.13. The van der Waals surface area contributed by atoms with Crippen LogP contribution in [0, 0.1) is 6.92 Å². The number of methoxy groups -OCH3 is 1. The van der Waals surface area contributed by atoms with Gasteiger partial charge < -0.3 is 19.4 Å². The number of nitrogens with one attached hydrogen (secondary N) is 1. The number of nitrogens with zero attached hydrogens (tertiary/aromatic N) is 2. The smallest absolute Gasteiger partial charge is 0.349 e. The highest BCUT2D eigenvalue weighted by Crippen LogP contribution is 2.24. The van der Waals surface area contributed by atoms with E-state index in [0.29, 0.717) is 17.9 Å². The third-order valence-electron chi connectivity index (χ3n) is 6.14. The van der Waals surface area contributed by atoms with Gasteiger partial charge in [-0.3, -0.25) is 4.79 Å². The molecule has 1 N–H and O–H groups in total. The topological polar surface area (TPSA) is 82.5 Å². The Morgan fingerprint density at radius 2 is 1.78 bits per heavy atom. The molecule has 0 aliphatic rings. The van der Waals surface area contributed by atoms with E-state index in [-0.39, 0.29) is 11.9 Å². The number of hydrogen-bond donors (Lipinski definition) is 1. The second kappa shape index (κ2) is 10.2. The number of carbonyl (C=O) groups is 2. The Balaban J connectivity index is 1.53. The van der Waals surface area contributed by atoms with E-state index in [1.165, 1.54) is 7.11 Å². The lowest BCUT2D eigenvalue weighted by molar-refractivity contribution is -0.156. The van der Waals surface area contributed by atoms with Crippen LogP contribution < -0.4 is 10.1 Å². The van der Waals surface area contributed by atoms with E-state index < -0.39 is 11.6 Å². The molecule has 0 spiro atoms. The van der Waals surface area contributed by atoms with Crippen molar-refractivity contribution in [2.75, 3.05) is 7.11 Å². The molecule has 1 amide bonds. The van der Waals surface area contributed by atoms with E-state index in [9.17, 15) is 9.59 Å². The lowest BCUT2D eigenvalue weighted by atomic mass is 10.1. The Morgan fingerprint density at radius 3 is 2.50 bits per heavy atom. The summed E-state index contributed by atoms with van der Waals surface area (Å²) in [7, 11) is 1.34. The molecule has 186 valence electrons. The highest BCUT2D eigenvalue weighted by molar-refractivity contribution is 5.97. The van der Waals surface area contributed by atoms with Gasteiger partial charge in [-0.15, -0.1) is 0 Å². The van der Waals surface area contributed by atoms with Gasteiger partial charge in [0.15, 0.2) is 5.60 Å². The SMILES string of the molecule is COC(=O)C(C)(C)Oc1cccc(Cn2c(C)nc3cc(C(=O)N[C@@H](C)c4ccccc4)ccc32)c1. The molecule has 0 aliphatic carbocycles. The van der Waals surface area contributed by atoms with Crippen molar-refractivity contribution in [3.05, 3.63) is 95.3 Å². The van der Waals surface area contributed by atoms with E-state index >= 15 is 0 Å². The zero-order valence-electron chi connectivity index (χ0n) is 21.2. The first-order valence-corrected chi connectivity index (χ1v) is 11.9. The van der Waals surface area contributed by atoms with Gasteiger partial charge in [-0.05, 0) is 69.2 Å². The summed E-state index contributed by atoms with van der Waals surface area (Å²) in [4.78, 5) is 29.6. The Bertz CT molecular complexity index is 1390. The maximum atomic E-state index is 12.9. The van der Waals surface area contributed by atoms with E-state index in [4.69, 9.17) is 14.5 Å². The summed E-state index contributed by atoms with van der Waals surface area (Å²) in [6, 6.07) is 22.9. The fourth-order valence-electron chi connectivity index (χ4n) is 4.17. The van der Waals surface area contributed by atoms with E-state index in [0.717, 1.165) is 28.0 Å². The Morgan fingerprint density at radius 1 is 1.03 bits per heavy atom. The van der Waals surface area contributed by atoms with Gasteiger partial charge in [0, 0.05) is 12.1 Å². The molecule has 36 heavy (non-hydrogen) atoms. The minimum absolute atomic E-state index is 0.104. The highest BCUT2D eigenvalue weighted by Gasteiger charge is 2.31. The average molecular weight is 486 g/mol. The highest BCUT2D eigenvalue weighted by atomic mass is 16.6. The molecule has 3 aromatic carbocycles. The molecule has 4 aromatic rings. The van der Waals surface area contributed by atoms with Gasteiger partial charge in [-0.2, -0.15) is 0 Å². The van der Waals surface area contributed by atoms with Gasteiger partial charge in [-0.25, -0.2) is 9.78 Å². The minimum atomic E-state index is -1.10. The van der Waals surface area contributed by atoms with Crippen LogP contribution in [0.4, 0.5) is 0 Å². The van der Waals surface area contributed by atoms with Crippen molar-refractivity contribution in [1.82, 2.24) is 14.9 Å². The van der Waals surface area contributed by atoms with Gasteiger partial charge in [-0.1, -0.05) is 42.5 Å². The van der Waals surface area contributed by atoms with Crippen LogP contribution in [-0.4, -0.2) is 34.1 Å². The number of benzene rings is 3. The monoisotopic (exact) mass is 485 g/mol. The number of hydrogen-bond acceptors (Lipinski definition) is 5. The van der Waals surface area contributed by atoms with Crippen LogP contribution in [0.3, 0.4) is 0 Å². The third-order valence-corrected chi connectivity index (χ3v) is 6.14. The maximum absolute atomic E-state index is 12.9. The molecule has 0 fully saturated rings. The first-order valence-electron chi connectivity index (χ1n) is 11.9. The van der Waals surface area contributed by atoms with E-state index in [1.807, 2.05) is 86.6 Å². The molecule has 0 radical (unpaired) electrons. The summed E-state index contributed by atoms with van der Waals surface area (Å²) < 4.78 is 12.8. The lowest BCUT2D eigenvalue weighted by Gasteiger charge is -2.23. The fraction of sp³-hybridized carbons (Fsp3) is 0.276. The van der Waals surface area contributed by atoms with Crippen LogP contribution in [0.1, 0.15) is 54.1 Å². The zero-order chi connectivity index (χ0) is 25.9. The van der Waals surface area contributed by atoms with Crippen LogP contribution in [0.15, 0.2) is 72.8 Å². The van der Waals surface area contributed by atoms with Gasteiger partial charge in [0.2, 0.25) is 0 Å². The maximum Gasteiger partial charge on any atom is 0.349 e. The van der Waals surface area contributed by atoms with Crippen molar-refractivity contribution in [2.45, 2.75) is 45.9 Å². The van der Waals surface area contributed by atoms with Crippen LogP contribution in [0.5, 0.6) is 5.75 Å². The van der Waals surface area contributed by atoms with E-state index in [2.05, 4.69) is 9.88 Å². The minimum Gasteiger partial charge on any atom is -0.476 e. The van der Waals surface area contributed by atoms with Crippen molar-refractivity contribution in [1.29, 1.82) is 0 Å². The molecule has 0 saturated heterocycles. The number of carbonyl (C=O) groups excluding carboxylic acids is 2. The van der Waals surface area contributed by atoms with Crippen LogP contribution in [0.2, 0.25) is 0 Å². The Kier molecular flexibility index (Phi) is 7.10. The molecule has 0 aliphatic heterocycles. The number of rotatable bonds is 8. The molecule has 7 heteroatoms. The van der Waals surface area contributed by atoms with Crippen molar-refractivity contribution in [3.8, 4) is 5.75 Å². The number of esters is 1. The summed E-state index contributed by atoms with van der Waals surface area (Å²) in [5.74, 6) is 0.832. The summed E-state index contributed by atoms with van der Waals surface area (Å²) in [6.45, 7) is 7.82. The summed E-state index contributed by atoms with van der Waals surface area (Å²) in [6.07, 6.45) is 0. The first kappa shape index (κ1) is 25.0. The predicted molar refractivity (Wildman–Crippen MR) is 139 cm³/mol. The number of aromatic nitrogens is 2. The molecule has 4 rings (SSSR count). The van der Waals surface area contributed by atoms with Gasteiger partial charge in [0.25, 0.3) is 5.91 Å². The number of amides is 1. The first-order chi connectivity index (χ1) is 17.2. The summed E-state index contributed by atoms with van der Waals surface area (Å²) in [5, 5.41) is 3.05. The average Bonchev–Trinajstić information content (AvgIpc) is 3.17. The zero-order valence-corrected chi connectivity index (χ0v) is 21.2. The van der Waals surface area contributed by atoms with Crippen LogP contribution >= 0.6 is 0 Å². The lowest BCUT2D eigenvalue weighted by Crippen LogP contribution is -2.39. The largest absolute Gasteiger partial charge is 0.476 e. The summed E-state index contributed by atoms with van der Waals surface area (Å²) >= 11 is 0. The third kappa shape index (κ3) is 5.40. The van der Waals surface area contributed by atoms with Gasteiger partial charge >= 0.3 is 5.97 Å². The van der Waals surface area contributed by atoms with Crippen molar-refractivity contribution in [3.63, 3.8) is 0 Å². The summed E-state index contributed by atoms with van der Waals surface area (Å²) in [5.41, 5.74) is 3.20. The molecule has 1 heterocycles. The van der Waals surface area contributed by atoms with Crippen LogP contribution in [-0.2, 0) is 16.1 Å². The fourth-order valence-corrected chi connectivity index (χ4v) is 4.17. The van der Waals surface area contributed by atoms with E-state index in [1.54, 1.807) is 13.8 Å². The number of fused-ring (bicyclic) bond motifs is 1. The number of imidazole rings is 1. The van der Waals surface area contributed by atoms with Crippen molar-refractivity contribution in [2.24, 2.45) is 0 Å². The molecule has 1 aromatic heterocycles. The number of ether oxygens (including phenoxy) is 2. The van der Waals surface area contributed by atoms with Gasteiger partial charge in [0.1, 0.15) is 11.6 Å². The molecule has 0 saturated carbocycles. The van der Waals surface area contributed by atoms with Crippen molar-refractivity contribution < 1.29 is 19.1 Å². The molecule has 0 unspecified atom stereocenters. The quantitative estimate of drug-likeness (QED) is 0.346. The molecular weight excluding hydrogens is 454 g/mol. The predicted octanol–water partition coefficient (Wildman–Crippen LogP) is 5.21. The Labute approximate surface area is 211 Å². The normalized spacial score (nSPS) is 12.2. The second-order valence-corrected chi connectivity index (χ2v) is 9.31. The van der Waals surface area contributed by atoms with Crippen LogP contribution in [0.25, 0.3) is 11.0 Å². The molecule has 0 bridgehead atoms. The standard InChI is InChI=1S/C29H31N3O4/c1-19(22-11-7-6-8-12-22)30-27(33)23-14-15-26-25(17-23)31-20(2)32(26)18-21-10-9-13-24(16-21)36-29(3,4)28(34)35-5/h6-17,19H,18H2,1-5H3,(H,30,33)/t19-/m0/s1. The number of aryl methyl sites for hydroxylation is 1. The van der Waals surface area contributed by atoms with Crippen molar-refractivity contribution >= 4 is 22.9 Å². The van der Waals surface area contributed by atoms with Gasteiger partial charge in [0.05, 0.1) is 24.2 Å². The molecular formula is C29H31N3O4. The molecule has 7 nitrogen and oxygen atoms in total. The second-order valence-electron chi connectivity index (χ2n) is 9.31.